The highest BCUT2D eigenvalue weighted by Gasteiger charge is 2.28. The van der Waals surface area contributed by atoms with Crippen molar-refractivity contribution in [2.24, 2.45) is 5.92 Å². The molecular weight excluding hydrogens is 294 g/mol. The highest BCUT2D eigenvalue weighted by molar-refractivity contribution is 7.89. The number of nitro benzene ring substituents is 1. The lowest BCUT2D eigenvalue weighted by molar-refractivity contribution is -0.384. The minimum Gasteiger partial charge on any atom is -0.393 e. The van der Waals surface area contributed by atoms with Crippen LogP contribution in [0.1, 0.15) is 32.6 Å². The standard InChI is InChI=1S/C13H19N3O4S/c1-2-10(7-9-3-4-9)15-21(19,20)11-5-6-12(14)13(8-11)16(17)18/h5-6,8-10,15H,2-4,7,14H2,1H3. The summed E-state index contributed by atoms with van der Waals surface area (Å²) in [4.78, 5) is 10.0. The van der Waals surface area contributed by atoms with Crippen LogP contribution >= 0.6 is 0 Å². The van der Waals surface area contributed by atoms with Gasteiger partial charge in [0.2, 0.25) is 10.0 Å². The Morgan fingerprint density at radius 3 is 2.67 bits per heavy atom. The number of hydrogen-bond acceptors (Lipinski definition) is 5. The van der Waals surface area contributed by atoms with Gasteiger partial charge in [0.15, 0.2) is 0 Å². The molecule has 0 amide bonds. The van der Waals surface area contributed by atoms with E-state index in [9.17, 15) is 18.5 Å². The van der Waals surface area contributed by atoms with Gasteiger partial charge in [0, 0.05) is 12.1 Å². The molecule has 1 fully saturated rings. The minimum atomic E-state index is -3.77. The predicted molar refractivity (Wildman–Crippen MR) is 79.3 cm³/mol. The smallest absolute Gasteiger partial charge is 0.293 e. The molecule has 1 aliphatic rings. The van der Waals surface area contributed by atoms with Crippen LogP contribution in [0.3, 0.4) is 0 Å². The van der Waals surface area contributed by atoms with Gasteiger partial charge in [-0.05, 0) is 30.9 Å². The number of anilines is 1. The van der Waals surface area contributed by atoms with E-state index in [4.69, 9.17) is 5.73 Å². The normalized spacial score (nSPS) is 16.6. The Bertz CT molecular complexity index is 641. The highest BCUT2D eigenvalue weighted by Crippen LogP contribution is 2.34. The van der Waals surface area contributed by atoms with E-state index in [2.05, 4.69) is 4.72 Å². The molecule has 21 heavy (non-hydrogen) atoms. The first kappa shape index (κ1) is 15.7. The molecule has 1 aromatic carbocycles. The van der Waals surface area contributed by atoms with Crippen molar-refractivity contribution in [1.29, 1.82) is 0 Å². The Morgan fingerprint density at radius 1 is 1.48 bits per heavy atom. The van der Waals surface area contributed by atoms with E-state index < -0.39 is 20.6 Å². The van der Waals surface area contributed by atoms with Crippen LogP contribution in [0.25, 0.3) is 0 Å². The zero-order valence-corrected chi connectivity index (χ0v) is 12.6. The topological polar surface area (TPSA) is 115 Å². The zero-order chi connectivity index (χ0) is 15.6. The summed E-state index contributed by atoms with van der Waals surface area (Å²) in [5.41, 5.74) is 5.03. The fourth-order valence-electron chi connectivity index (χ4n) is 2.19. The number of benzene rings is 1. The minimum absolute atomic E-state index is 0.0519. The first-order valence-electron chi connectivity index (χ1n) is 6.89. The Labute approximate surface area is 123 Å². The molecule has 7 nitrogen and oxygen atoms in total. The third-order valence-corrected chi connectivity index (χ3v) is 5.16. The van der Waals surface area contributed by atoms with Crippen molar-refractivity contribution >= 4 is 21.4 Å². The number of rotatable bonds is 7. The van der Waals surface area contributed by atoms with Crippen molar-refractivity contribution < 1.29 is 13.3 Å². The summed E-state index contributed by atoms with van der Waals surface area (Å²) in [6, 6.07) is 3.39. The van der Waals surface area contributed by atoms with Gasteiger partial charge in [0.1, 0.15) is 5.69 Å². The molecule has 0 saturated heterocycles. The van der Waals surface area contributed by atoms with E-state index in [-0.39, 0.29) is 16.6 Å². The number of nitro groups is 1. The van der Waals surface area contributed by atoms with Crippen molar-refractivity contribution in [2.75, 3.05) is 5.73 Å². The third-order valence-electron chi connectivity index (χ3n) is 3.64. The Balaban J connectivity index is 2.21. The van der Waals surface area contributed by atoms with Gasteiger partial charge in [0.05, 0.1) is 9.82 Å². The summed E-state index contributed by atoms with van der Waals surface area (Å²) in [7, 11) is -3.77. The second-order valence-electron chi connectivity index (χ2n) is 5.38. The summed E-state index contributed by atoms with van der Waals surface area (Å²) in [5.74, 6) is 0.596. The first-order valence-corrected chi connectivity index (χ1v) is 8.38. The first-order chi connectivity index (χ1) is 9.83. The molecule has 0 radical (unpaired) electrons. The van der Waals surface area contributed by atoms with Crippen LogP contribution < -0.4 is 10.5 Å². The van der Waals surface area contributed by atoms with Gasteiger partial charge in [-0.2, -0.15) is 0 Å². The van der Waals surface area contributed by atoms with Crippen molar-refractivity contribution in [3.05, 3.63) is 28.3 Å². The SMILES string of the molecule is CCC(CC1CC1)NS(=O)(=O)c1ccc(N)c([N+](=O)[O-])c1. The Kier molecular flexibility index (Phi) is 4.48. The maximum absolute atomic E-state index is 12.3. The number of hydrogen-bond donors (Lipinski definition) is 2. The lowest BCUT2D eigenvalue weighted by Gasteiger charge is -2.16. The highest BCUT2D eigenvalue weighted by atomic mass is 32.2. The van der Waals surface area contributed by atoms with Gasteiger partial charge < -0.3 is 5.73 Å². The lowest BCUT2D eigenvalue weighted by atomic mass is 10.1. The average molecular weight is 313 g/mol. The third kappa shape index (κ3) is 3.92. The summed E-state index contributed by atoms with van der Waals surface area (Å²) < 4.78 is 27.3. The molecule has 1 aliphatic carbocycles. The molecule has 0 aliphatic heterocycles. The molecule has 1 aromatic rings. The molecule has 1 atom stereocenters. The zero-order valence-electron chi connectivity index (χ0n) is 11.8. The molecule has 8 heteroatoms. The van der Waals surface area contributed by atoms with Crippen LogP contribution in [0.15, 0.2) is 23.1 Å². The van der Waals surface area contributed by atoms with Crippen LogP contribution in [-0.2, 0) is 10.0 Å². The van der Waals surface area contributed by atoms with Gasteiger partial charge in [0.25, 0.3) is 5.69 Å². The van der Waals surface area contributed by atoms with Crippen molar-refractivity contribution in [2.45, 2.75) is 43.5 Å². The van der Waals surface area contributed by atoms with Crippen LogP contribution in [0.2, 0.25) is 0 Å². The van der Waals surface area contributed by atoms with Crippen LogP contribution in [0.4, 0.5) is 11.4 Å². The number of nitrogens with two attached hydrogens (primary N) is 1. The molecule has 0 spiro atoms. The molecule has 2 rings (SSSR count). The number of sulfonamides is 1. The molecule has 1 unspecified atom stereocenters. The van der Waals surface area contributed by atoms with E-state index in [0.29, 0.717) is 12.3 Å². The van der Waals surface area contributed by atoms with Crippen molar-refractivity contribution in [1.82, 2.24) is 4.72 Å². The van der Waals surface area contributed by atoms with Crippen LogP contribution in [-0.4, -0.2) is 19.4 Å². The second kappa shape index (κ2) is 5.98. The maximum Gasteiger partial charge on any atom is 0.293 e. The molecular formula is C13H19N3O4S. The Morgan fingerprint density at radius 2 is 2.14 bits per heavy atom. The largest absolute Gasteiger partial charge is 0.393 e. The maximum atomic E-state index is 12.3. The quantitative estimate of drug-likeness (QED) is 0.454. The summed E-state index contributed by atoms with van der Waals surface area (Å²) in [6.07, 6.45) is 3.79. The van der Waals surface area contributed by atoms with Gasteiger partial charge in [-0.25, -0.2) is 13.1 Å². The van der Waals surface area contributed by atoms with E-state index in [1.807, 2.05) is 6.92 Å². The molecule has 116 valence electrons. The summed E-state index contributed by atoms with van der Waals surface area (Å²) >= 11 is 0. The molecule has 3 N–H and O–H groups in total. The van der Waals surface area contributed by atoms with E-state index in [0.717, 1.165) is 25.3 Å². The fourth-order valence-corrected chi connectivity index (χ4v) is 3.54. The van der Waals surface area contributed by atoms with E-state index in [1.165, 1.54) is 12.1 Å². The molecule has 0 bridgehead atoms. The Hall–Kier alpha value is -1.67. The van der Waals surface area contributed by atoms with Gasteiger partial charge >= 0.3 is 0 Å². The van der Waals surface area contributed by atoms with Crippen molar-refractivity contribution in [3.63, 3.8) is 0 Å². The molecule has 0 aromatic heterocycles. The average Bonchev–Trinajstić information content (AvgIpc) is 3.21. The summed E-state index contributed by atoms with van der Waals surface area (Å²) in [6.45, 7) is 1.92. The fraction of sp³-hybridized carbons (Fsp3) is 0.538. The van der Waals surface area contributed by atoms with Crippen molar-refractivity contribution in [3.8, 4) is 0 Å². The monoisotopic (exact) mass is 313 g/mol. The predicted octanol–water partition coefficient (Wildman–Crippen LogP) is 2.03. The summed E-state index contributed by atoms with van der Waals surface area (Å²) in [5, 5.41) is 10.8. The lowest BCUT2D eigenvalue weighted by Crippen LogP contribution is -2.34. The number of nitrogens with zero attached hydrogens (tertiary/aromatic N) is 1. The second-order valence-corrected chi connectivity index (χ2v) is 7.10. The van der Waals surface area contributed by atoms with E-state index in [1.54, 1.807) is 0 Å². The molecule has 1 saturated carbocycles. The molecule has 0 heterocycles. The van der Waals surface area contributed by atoms with Crippen LogP contribution in [0, 0.1) is 16.0 Å². The van der Waals surface area contributed by atoms with E-state index >= 15 is 0 Å². The van der Waals surface area contributed by atoms with Gasteiger partial charge in [-0.3, -0.25) is 10.1 Å². The van der Waals surface area contributed by atoms with Crippen LogP contribution in [0.5, 0.6) is 0 Å². The van der Waals surface area contributed by atoms with Gasteiger partial charge in [-0.1, -0.05) is 19.8 Å². The number of nitrogen functional groups attached to an aromatic ring is 1. The van der Waals surface area contributed by atoms with Gasteiger partial charge in [-0.15, -0.1) is 0 Å². The number of nitrogens with one attached hydrogen (secondary N) is 1.